The number of rotatable bonds is 12. The van der Waals surface area contributed by atoms with Crippen LogP contribution in [0.3, 0.4) is 0 Å². The van der Waals surface area contributed by atoms with Gasteiger partial charge in [-0.2, -0.15) is 0 Å². The Hall–Kier alpha value is -1.49. The van der Waals surface area contributed by atoms with Gasteiger partial charge < -0.3 is 24.8 Å². The van der Waals surface area contributed by atoms with Crippen LogP contribution in [0.2, 0.25) is 0 Å². The van der Waals surface area contributed by atoms with Crippen LogP contribution in [0.4, 0.5) is 0 Å². The van der Waals surface area contributed by atoms with Gasteiger partial charge in [-0.05, 0) is 0 Å². The first-order valence-electron chi connectivity index (χ1n) is 29.4. The molecule has 0 aliphatic heterocycles. The standard InChI is InChI=1S/2C12H24N.2C12H11Si.2C9H13.2ClH.2Hf/c2*13-12-10-8-6-4-2-1-3-5-7-9-11-12;2*1-3-7-11(8-4-1)13-12-9-5-2-6-10-12;2*1-6-5-7(2)9(4)8(6)3;;;;/h2*12-13H,1-11H2;2*1-10,13H;2*6H,1-4H3;2*1H;;/q2*-1;;;;;;;2*+2/p-2. The average Bonchev–Trinajstić information content (AvgIpc) is 3.71. The molecule has 2 nitrogen and oxygen atoms in total. The number of hydrogen-bond acceptors (Lipinski definition) is 2. The van der Waals surface area contributed by atoms with Crippen LogP contribution in [0.1, 0.15) is 197 Å². The van der Waals surface area contributed by atoms with Crippen molar-refractivity contribution in [3.05, 3.63) is 161 Å². The zero-order chi connectivity index (χ0) is 50.7. The molecular weight excluding hydrogens is 1300 g/mol. The van der Waals surface area contributed by atoms with E-state index in [1.54, 1.807) is 54.2 Å². The first kappa shape index (κ1) is 63.3. The van der Waals surface area contributed by atoms with Crippen molar-refractivity contribution in [2.24, 2.45) is 11.8 Å². The third kappa shape index (κ3) is 17.8. The fourth-order valence-electron chi connectivity index (χ4n) is 12.9. The zero-order valence-corrected chi connectivity index (χ0v) is 58.3. The minimum absolute atomic E-state index is 0. The Bertz CT molecular complexity index is 2100. The molecule has 8 heteroatoms. The molecule has 4 aliphatic rings. The molecule has 4 aliphatic carbocycles. The first-order chi connectivity index (χ1) is 35.2. The molecule has 0 heterocycles. The van der Waals surface area contributed by atoms with E-state index in [2.05, 4.69) is 183 Å². The van der Waals surface area contributed by atoms with Crippen LogP contribution in [0.15, 0.2) is 161 Å². The molecule has 0 saturated heterocycles. The molecule has 400 valence electrons. The van der Waals surface area contributed by atoms with Crippen molar-refractivity contribution in [1.82, 2.24) is 6.61 Å². The fraction of sp³-hybridized carbons (Fsp3) is 0.515. The van der Waals surface area contributed by atoms with Crippen molar-refractivity contribution in [2.45, 2.75) is 209 Å². The molecule has 2 atom stereocenters. The zero-order valence-electron chi connectivity index (χ0n) is 47.3. The van der Waals surface area contributed by atoms with Gasteiger partial charge in [-0.15, -0.1) is 0 Å². The summed E-state index contributed by atoms with van der Waals surface area (Å²) in [4.78, 5) is 0. The first-order valence-corrected chi connectivity index (χ1v) is 52.5. The summed E-state index contributed by atoms with van der Waals surface area (Å²) in [7, 11) is 0. The minimum atomic E-state index is -2.50. The van der Waals surface area contributed by atoms with E-state index in [0.717, 1.165) is 0 Å². The molecule has 2 fully saturated rings. The van der Waals surface area contributed by atoms with E-state index in [9.17, 15) is 0 Å². The molecule has 2 N–H and O–H groups in total. The molecule has 0 bridgehead atoms. The van der Waals surface area contributed by atoms with Crippen LogP contribution in [0.5, 0.6) is 0 Å². The van der Waals surface area contributed by atoms with E-state index in [4.69, 9.17) is 0 Å². The van der Waals surface area contributed by atoms with Gasteiger partial charge in [-0.3, -0.25) is 0 Å². The van der Waals surface area contributed by atoms with Crippen molar-refractivity contribution in [3.8, 4) is 0 Å². The van der Waals surface area contributed by atoms with Gasteiger partial charge in [-0.25, -0.2) is 0 Å². The van der Waals surface area contributed by atoms with Gasteiger partial charge in [0.15, 0.2) is 0 Å². The molecule has 2 unspecified atom stereocenters. The molecule has 0 spiro atoms. The van der Waals surface area contributed by atoms with Gasteiger partial charge in [0, 0.05) is 0 Å². The Labute approximate surface area is 483 Å². The molecule has 8 rings (SSSR count). The number of benzene rings is 4. The van der Waals surface area contributed by atoms with E-state index in [1.807, 2.05) is 6.66 Å². The fourth-order valence-corrected chi connectivity index (χ4v) is 78.4. The van der Waals surface area contributed by atoms with Gasteiger partial charge >= 0.3 is 463 Å². The predicted octanol–water partition coefficient (Wildman–Crippen LogP) is 9.17. The van der Waals surface area contributed by atoms with E-state index in [1.165, 1.54) is 141 Å². The number of nitrogens with one attached hydrogen (secondary N) is 2. The van der Waals surface area contributed by atoms with E-state index in [0.29, 0.717) is 23.9 Å². The predicted molar refractivity (Wildman–Crippen MR) is 314 cm³/mol. The summed E-state index contributed by atoms with van der Waals surface area (Å²) in [5.74, 6) is -1.49. The minimum Gasteiger partial charge on any atom is -1.00 e. The van der Waals surface area contributed by atoms with Crippen molar-refractivity contribution >= 4 is 32.7 Å². The van der Waals surface area contributed by atoms with Gasteiger partial charge in [0.05, 0.1) is 0 Å². The summed E-state index contributed by atoms with van der Waals surface area (Å²) in [5, 5.41) is 6.62. The van der Waals surface area contributed by atoms with Gasteiger partial charge in [0.1, 0.15) is 0 Å². The maximum atomic E-state index is 4.64. The van der Waals surface area contributed by atoms with Crippen LogP contribution in [-0.4, -0.2) is 24.1 Å². The average molecular weight is 1400 g/mol. The molecule has 0 radical (unpaired) electrons. The summed E-state index contributed by atoms with van der Waals surface area (Å²) in [6, 6.07) is 48.1. The van der Waals surface area contributed by atoms with Gasteiger partial charge in [-0.1, -0.05) is 0 Å². The number of hydrogen-bond donors (Lipinski definition) is 2. The molecule has 4 aromatic rings. The van der Waals surface area contributed by atoms with Crippen molar-refractivity contribution in [1.29, 1.82) is 0 Å². The summed E-state index contributed by atoms with van der Waals surface area (Å²) in [5.41, 5.74) is 9.70. The smallest absolute Gasteiger partial charge is 1.00 e. The maximum absolute atomic E-state index is 4.64. The van der Waals surface area contributed by atoms with Crippen LogP contribution >= 0.6 is 0 Å². The van der Waals surface area contributed by atoms with E-state index >= 15 is 0 Å². The van der Waals surface area contributed by atoms with Gasteiger partial charge in [0.2, 0.25) is 0 Å². The van der Waals surface area contributed by atoms with Crippen LogP contribution < -0.4 is 52.2 Å². The second kappa shape index (κ2) is 33.8. The quantitative estimate of drug-likeness (QED) is 0.139. The topological polar surface area (TPSA) is 24.1 Å². The third-order valence-corrected chi connectivity index (χ3v) is 73.0. The molecule has 4 aromatic carbocycles. The second-order valence-electron chi connectivity index (χ2n) is 22.7. The monoisotopic (exact) mass is 1400 g/mol. The van der Waals surface area contributed by atoms with E-state index in [-0.39, 0.29) is 24.8 Å². The molecule has 74 heavy (non-hydrogen) atoms. The molecule has 2 saturated carbocycles. The normalized spacial score (nSPS) is 20.4. The van der Waals surface area contributed by atoms with Crippen molar-refractivity contribution < 1.29 is 66.6 Å². The Morgan fingerprint density at radius 1 is 0.324 bits per heavy atom. The molecular formula is C66H96Cl2Hf2N2Si2. The summed E-state index contributed by atoms with van der Waals surface area (Å²) in [6.45, 7) is 19.5. The van der Waals surface area contributed by atoms with Crippen LogP contribution in [0.25, 0.3) is 0 Å². The Morgan fingerprint density at radius 3 is 0.743 bits per heavy atom. The summed E-state index contributed by atoms with van der Waals surface area (Å²) >= 11 is -4.99. The van der Waals surface area contributed by atoms with Crippen molar-refractivity contribution in [3.63, 3.8) is 0 Å². The van der Waals surface area contributed by atoms with Crippen LogP contribution in [0, 0.1) is 11.8 Å². The third-order valence-electron chi connectivity index (χ3n) is 17.9. The SMILES string of the molecule is CC1=C(C)C(C)[C]([Hf+]([NH]C2CCCCCCCCCCC2)[SiH](c2ccccc2)c2ccccc2)=C1C.CC1=C(C)C(C)[C]([Hf+]([NH]C2CCCCCCCCCCC2)[SiH](c2ccccc2)c2ccccc2)=C1C.[Cl-].[Cl-]. The Balaban J connectivity index is 0.000000267. The molecule has 0 amide bonds. The number of allylic oxidation sites excluding steroid dienone is 8. The number of halogens is 2. The Kier molecular flexibility index (Phi) is 29.0. The Morgan fingerprint density at radius 2 is 0.541 bits per heavy atom. The summed E-state index contributed by atoms with van der Waals surface area (Å²) in [6.07, 6.45) is 31.3. The second-order valence-corrected chi connectivity index (χ2v) is 60.9. The van der Waals surface area contributed by atoms with Crippen LogP contribution in [-0.2, 0) is 41.8 Å². The van der Waals surface area contributed by atoms with Crippen molar-refractivity contribution in [2.75, 3.05) is 0 Å². The molecule has 0 aromatic heterocycles. The van der Waals surface area contributed by atoms with E-state index < -0.39 is 53.8 Å². The summed E-state index contributed by atoms with van der Waals surface area (Å²) < 4.78 is 13.1. The maximum Gasteiger partial charge on any atom is -1.00 e. The largest absolute Gasteiger partial charge is 1.00 e. The van der Waals surface area contributed by atoms with Gasteiger partial charge in [0.25, 0.3) is 0 Å².